The monoisotopic (exact) mass is 955 g/mol. The average Bonchev–Trinajstić information content (AvgIpc) is 3.35. The van der Waals surface area contributed by atoms with E-state index < -0.39 is 6.10 Å². The predicted molar refractivity (Wildman–Crippen MR) is 297 cm³/mol. The quantitative estimate of drug-likeness (QED) is 0.0262. The van der Waals surface area contributed by atoms with Crippen molar-refractivity contribution in [3.8, 4) is 0 Å². The first-order valence-electron chi connectivity index (χ1n) is 28.0. The van der Waals surface area contributed by atoms with Crippen LogP contribution in [0, 0.1) is 0 Å². The summed E-state index contributed by atoms with van der Waals surface area (Å²) in [7, 11) is 0. The van der Waals surface area contributed by atoms with Gasteiger partial charge in [-0.05, 0) is 135 Å². The minimum absolute atomic E-state index is 0.110. The van der Waals surface area contributed by atoms with Gasteiger partial charge in [-0.15, -0.1) is 0 Å². The topological polar surface area (TPSA) is 78.9 Å². The van der Waals surface area contributed by atoms with Crippen LogP contribution in [0.3, 0.4) is 0 Å². The van der Waals surface area contributed by atoms with Crippen LogP contribution < -0.4 is 0 Å². The molecule has 0 aliphatic rings. The van der Waals surface area contributed by atoms with Gasteiger partial charge in [-0.25, -0.2) is 0 Å². The van der Waals surface area contributed by atoms with Gasteiger partial charge in [-0.1, -0.05) is 206 Å². The fourth-order valence-corrected chi connectivity index (χ4v) is 7.21. The molecule has 69 heavy (non-hydrogen) atoms. The highest BCUT2D eigenvalue weighted by Crippen LogP contribution is 2.13. The summed E-state index contributed by atoms with van der Waals surface area (Å²) in [5, 5.41) is 0. The first kappa shape index (κ1) is 64.8. The lowest BCUT2D eigenvalue weighted by molar-refractivity contribution is -0.167. The second-order valence-electron chi connectivity index (χ2n) is 18.1. The maximum atomic E-state index is 12.8. The molecule has 0 unspecified atom stereocenters. The molecular weight excluding hydrogens is 853 g/mol. The Bertz CT molecular complexity index is 1470. The van der Waals surface area contributed by atoms with E-state index in [4.69, 9.17) is 14.2 Å². The van der Waals surface area contributed by atoms with E-state index in [0.29, 0.717) is 19.3 Å². The van der Waals surface area contributed by atoms with Crippen molar-refractivity contribution < 1.29 is 28.6 Å². The Kier molecular flexibility index (Phi) is 53.0. The minimum atomic E-state index is -0.814. The highest BCUT2D eigenvalue weighted by molar-refractivity contribution is 5.71. The van der Waals surface area contributed by atoms with Crippen molar-refractivity contribution >= 4 is 17.9 Å². The summed E-state index contributed by atoms with van der Waals surface area (Å²) in [6.07, 6.45) is 77.5. The van der Waals surface area contributed by atoms with Gasteiger partial charge >= 0.3 is 17.9 Å². The van der Waals surface area contributed by atoms with Crippen LogP contribution in [-0.2, 0) is 28.6 Å². The fourth-order valence-electron chi connectivity index (χ4n) is 7.21. The van der Waals surface area contributed by atoms with Gasteiger partial charge in [0, 0.05) is 19.3 Å². The third kappa shape index (κ3) is 54.6. The van der Waals surface area contributed by atoms with Crippen LogP contribution in [0.5, 0.6) is 0 Å². The van der Waals surface area contributed by atoms with Gasteiger partial charge in [-0.2, -0.15) is 0 Å². The summed E-state index contributed by atoms with van der Waals surface area (Å²) in [6, 6.07) is 0. The number of carbonyl (C=O) groups is 3. The van der Waals surface area contributed by atoms with E-state index in [-0.39, 0.29) is 31.1 Å². The summed E-state index contributed by atoms with van der Waals surface area (Å²) in [4.78, 5) is 38.1. The SMILES string of the molecule is CC/C=C\C/C=C\C/C=C\CCCCCCCC(=O)O[C@H](COC(=O)CCCCC/C=C\C/C=C\C/C=C\C/C=C\CCCCC)COC(=O)CCCCCC/C=C\C/C=C\C/C=C\CCCCC. The summed E-state index contributed by atoms with van der Waals surface area (Å²) in [6.45, 7) is 6.40. The lowest BCUT2D eigenvalue weighted by Crippen LogP contribution is -2.30. The lowest BCUT2D eigenvalue weighted by atomic mass is 10.1. The molecule has 0 aromatic carbocycles. The Morgan fingerprint density at radius 3 is 0.899 bits per heavy atom. The third-order valence-electron chi connectivity index (χ3n) is 11.4. The molecule has 0 amide bonds. The average molecular weight is 956 g/mol. The molecular formula is C63H102O6. The van der Waals surface area contributed by atoms with E-state index in [2.05, 4.69) is 142 Å². The van der Waals surface area contributed by atoms with Crippen molar-refractivity contribution in [1.82, 2.24) is 0 Å². The van der Waals surface area contributed by atoms with Crippen LogP contribution in [0.25, 0.3) is 0 Å². The molecule has 0 radical (unpaired) electrons. The van der Waals surface area contributed by atoms with Crippen LogP contribution >= 0.6 is 0 Å². The van der Waals surface area contributed by atoms with Crippen LogP contribution in [0.1, 0.15) is 239 Å². The predicted octanol–water partition coefficient (Wildman–Crippen LogP) is 18.9. The lowest BCUT2D eigenvalue weighted by Gasteiger charge is -2.18. The van der Waals surface area contributed by atoms with Crippen molar-refractivity contribution in [1.29, 1.82) is 0 Å². The van der Waals surface area contributed by atoms with E-state index in [0.717, 1.165) is 148 Å². The van der Waals surface area contributed by atoms with Crippen molar-refractivity contribution in [3.05, 3.63) is 122 Å². The molecule has 0 spiro atoms. The zero-order valence-corrected chi connectivity index (χ0v) is 44.5. The first-order valence-corrected chi connectivity index (χ1v) is 28.0. The molecule has 390 valence electrons. The Morgan fingerprint density at radius 2 is 0.565 bits per heavy atom. The van der Waals surface area contributed by atoms with E-state index >= 15 is 0 Å². The number of allylic oxidation sites excluding steroid dienone is 20. The van der Waals surface area contributed by atoms with Crippen molar-refractivity contribution in [2.45, 2.75) is 245 Å². The maximum Gasteiger partial charge on any atom is 0.306 e. The largest absolute Gasteiger partial charge is 0.462 e. The fraction of sp³-hybridized carbons (Fsp3) is 0.635. The van der Waals surface area contributed by atoms with E-state index in [1.165, 1.54) is 51.4 Å². The standard InChI is InChI=1S/C63H102O6/c1-4-7-10-13-16-19-22-25-28-30-31-33-36-38-41-44-47-50-53-56-62(65)68-59-60(69-63(66)57-54-51-48-45-42-39-34-27-24-21-18-15-12-9-6-3)58-67-61(64)55-52-49-46-43-40-37-35-32-29-26-23-20-17-14-11-8-5-2/h9,12,16-21,25-29,31,33-35,37-38,41,60H,4-8,10-11,13-15,22-24,30,32,36,39-40,42-59H2,1-3H3/b12-9-,19-16-,20-17-,21-18-,28-25-,29-26-,33-31-,34-27-,37-35-,41-38-/t60-/m0/s1. The van der Waals surface area contributed by atoms with Gasteiger partial charge in [-0.3, -0.25) is 14.4 Å². The Balaban J connectivity index is 4.53. The zero-order valence-electron chi connectivity index (χ0n) is 44.5. The van der Waals surface area contributed by atoms with Crippen LogP contribution in [-0.4, -0.2) is 37.2 Å². The normalized spacial score (nSPS) is 13.0. The second kappa shape index (κ2) is 56.4. The second-order valence-corrected chi connectivity index (χ2v) is 18.1. The van der Waals surface area contributed by atoms with E-state index in [9.17, 15) is 14.4 Å². The maximum absolute atomic E-state index is 12.8. The van der Waals surface area contributed by atoms with Crippen molar-refractivity contribution in [2.24, 2.45) is 0 Å². The smallest absolute Gasteiger partial charge is 0.306 e. The van der Waals surface area contributed by atoms with Gasteiger partial charge in [0.05, 0.1) is 0 Å². The zero-order chi connectivity index (χ0) is 50.0. The van der Waals surface area contributed by atoms with Gasteiger partial charge in [0.2, 0.25) is 0 Å². The molecule has 1 atom stereocenters. The molecule has 0 aromatic rings. The Hall–Kier alpha value is -4.19. The Labute approximate surface area is 424 Å². The molecule has 6 heteroatoms. The van der Waals surface area contributed by atoms with Crippen molar-refractivity contribution in [3.63, 3.8) is 0 Å². The van der Waals surface area contributed by atoms with Gasteiger partial charge < -0.3 is 14.2 Å². The molecule has 0 saturated carbocycles. The number of esters is 3. The highest BCUT2D eigenvalue weighted by Gasteiger charge is 2.19. The molecule has 0 rings (SSSR count). The number of ether oxygens (including phenoxy) is 3. The molecule has 0 fully saturated rings. The summed E-state index contributed by atoms with van der Waals surface area (Å²) in [5.41, 5.74) is 0. The first-order chi connectivity index (χ1) is 34.0. The third-order valence-corrected chi connectivity index (χ3v) is 11.4. The minimum Gasteiger partial charge on any atom is -0.462 e. The summed E-state index contributed by atoms with van der Waals surface area (Å²) < 4.78 is 16.8. The molecule has 0 aliphatic carbocycles. The number of hydrogen-bond donors (Lipinski definition) is 0. The van der Waals surface area contributed by atoms with Crippen LogP contribution in [0.4, 0.5) is 0 Å². The van der Waals surface area contributed by atoms with Crippen LogP contribution in [0.15, 0.2) is 122 Å². The molecule has 0 N–H and O–H groups in total. The highest BCUT2D eigenvalue weighted by atomic mass is 16.6. The molecule has 0 aliphatic heterocycles. The summed E-state index contributed by atoms with van der Waals surface area (Å²) in [5.74, 6) is -0.982. The molecule has 6 nitrogen and oxygen atoms in total. The Morgan fingerprint density at radius 1 is 0.304 bits per heavy atom. The van der Waals surface area contributed by atoms with Gasteiger partial charge in [0.1, 0.15) is 13.2 Å². The van der Waals surface area contributed by atoms with Crippen LogP contribution in [0.2, 0.25) is 0 Å². The van der Waals surface area contributed by atoms with E-state index in [1.54, 1.807) is 0 Å². The number of unbranched alkanes of at least 4 members (excludes halogenated alkanes) is 18. The summed E-state index contributed by atoms with van der Waals surface area (Å²) >= 11 is 0. The number of rotatable bonds is 49. The van der Waals surface area contributed by atoms with Gasteiger partial charge in [0.25, 0.3) is 0 Å². The van der Waals surface area contributed by atoms with Gasteiger partial charge in [0.15, 0.2) is 6.10 Å². The molecule has 0 heterocycles. The molecule has 0 saturated heterocycles. The number of hydrogen-bond acceptors (Lipinski definition) is 6. The molecule has 0 bridgehead atoms. The van der Waals surface area contributed by atoms with Crippen molar-refractivity contribution in [2.75, 3.05) is 13.2 Å². The number of carbonyl (C=O) groups excluding carboxylic acids is 3. The van der Waals surface area contributed by atoms with E-state index in [1.807, 2.05) is 0 Å². The molecule has 0 aromatic heterocycles.